The van der Waals surface area contributed by atoms with Gasteiger partial charge in [0.1, 0.15) is 0 Å². The fraction of sp³-hybridized carbons (Fsp3) is 0.632. The van der Waals surface area contributed by atoms with Crippen molar-refractivity contribution in [3.8, 4) is 0 Å². The second-order valence-electron chi connectivity index (χ2n) is 5.37. The molecule has 120 valence electrons. The number of aliphatic carboxylic acids is 1. The fourth-order valence-electron chi connectivity index (χ4n) is 1.99. The van der Waals surface area contributed by atoms with Gasteiger partial charge in [0, 0.05) is 6.42 Å². The normalized spacial score (nSPS) is 12.0. The Bertz CT molecular complexity index is 314. The molecule has 0 aliphatic heterocycles. The van der Waals surface area contributed by atoms with Crippen LogP contribution in [0.2, 0.25) is 0 Å². The molecular weight excluding hydrogens is 260 g/mol. The predicted octanol–water partition coefficient (Wildman–Crippen LogP) is 6.05. The molecule has 0 amide bonds. The Kier molecular flexibility index (Phi) is 15.7. The number of rotatable bonds is 14. The Hall–Kier alpha value is -1.31. The number of hydrogen-bond donors (Lipinski definition) is 1. The molecule has 0 spiro atoms. The van der Waals surface area contributed by atoms with Crippen molar-refractivity contribution in [1.82, 2.24) is 0 Å². The van der Waals surface area contributed by atoms with Crippen LogP contribution in [0.3, 0.4) is 0 Å². The zero-order valence-electron chi connectivity index (χ0n) is 13.6. The van der Waals surface area contributed by atoms with Gasteiger partial charge in [0.25, 0.3) is 0 Å². The topological polar surface area (TPSA) is 37.3 Å². The van der Waals surface area contributed by atoms with Crippen LogP contribution in [0.25, 0.3) is 0 Å². The van der Waals surface area contributed by atoms with E-state index in [1.807, 2.05) is 0 Å². The Balaban J connectivity index is 3.28. The smallest absolute Gasteiger partial charge is 0.303 e. The first-order valence-corrected chi connectivity index (χ1v) is 8.44. The van der Waals surface area contributed by atoms with E-state index >= 15 is 0 Å². The highest BCUT2D eigenvalue weighted by Gasteiger charge is 1.95. The van der Waals surface area contributed by atoms with E-state index in [4.69, 9.17) is 5.11 Å². The maximum Gasteiger partial charge on any atom is 0.303 e. The summed E-state index contributed by atoms with van der Waals surface area (Å²) < 4.78 is 0. The summed E-state index contributed by atoms with van der Waals surface area (Å²) in [5.74, 6) is -0.679. The molecule has 0 unspecified atom stereocenters. The maximum atomic E-state index is 10.3. The van der Waals surface area contributed by atoms with Gasteiger partial charge in [0.2, 0.25) is 0 Å². The fourth-order valence-corrected chi connectivity index (χ4v) is 1.99. The molecule has 0 radical (unpaired) electrons. The van der Waals surface area contributed by atoms with Crippen LogP contribution in [-0.2, 0) is 4.79 Å². The standard InChI is InChI=1S/C19H32O2/c1-2-3-4-5-6-7-8-9-10-11-12-13-14-15-16-17-18-19(20)21/h5-6,8-9,11-12H,2-4,7,10,13-18H2,1H3,(H,20,21)/b6-5+,9-8+,12-11+. The van der Waals surface area contributed by atoms with E-state index in [0.29, 0.717) is 6.42 Å². The van der Waals surface area contributed by atoms with E-state index in [0.717, 1.165) is 38.5 Å². The quantitative estimate of drug-likeness (QED) is 0.312. The highest BCUT2D eigenvalue weighted by molar-refractivity contribution is 5.66. The lowest BCUT2D eigenvalue weighted by Gasteiger charge is -1.96. The molecule has 0 aliphatic rings. The van der Waals surface area contributed by atoms with Crippen molar-refractivity contribution >= 4 is 5.97 Å². The summed E-state index contributed by atoms with van der Waals surface area (Å²) >= 11 is 0. The third kappa shape index (κ3) is 18.7. The molecule has 0 saturated carbocycles. The molecule has 0 aromatic carbocycles. The molecule has 0 aromatic rings. The van der Waals surface area contributed by atoms with Crippen LogP contribution in [0.4, 0.5) is 0 Å². The predicted molar refractivity (Wildman–Crippen MR) is 91.5 cm³/mol. The number of hydrogen-bond acceptors (Lipinski definition) is 1. The summed E-state index contributed by atoms with van der Waals surface area (Å²) in [5, 5.41) is 8.51. The van der Waals surface area contributed by atoms with Gasteiger partial charge in [-0.3, -0.25) is 4.79 Å². The highest BCUT2D eigenvalue weighted by atomic mass is 16.4. The minimum absolute atomic E-state index is 0.313. The van der Waals surface area contributed by atoms with Crippen molar-refractivity contribution in [2.24, 2.45) is 0 Å². The van der Waals surface area contributed by atoms with Crippen LogP contribution in [-0.4, -0.2) is 11.1 Å². The van der Waals surface area contributed by atoms with Crippen LogP contribution in [0.5, 0.6) is 0 Å². The lowest BCUT2D eigenvalue weighted by atomic mass is 10.1. The van der Waals surface area contributed by atoms with Crippen molar-refractivity contribution in [2.45, 2.75) is 77.6 Å². The van der Waals surface area contributed by atoms with Gasteiger partial charge in [-0.25, -0.2) is 0 Å². The molecule has 0 saturated heterocycles. The van der Waals surface area contributed by atoms with Crippen molar-refractivity contribution in [1.29, 1.82) is 0 Å². The van der Waals surface area contributed by atoms with E-state index in [1.54, 1.807) is 0 Å². The van der Waals surface area contributed by atoms with Gasteiger partial charge < -0.3 is 5.11 Å². The number of carboxylic acids is 1. The van der Waals surface area contributed by atoms with Gasteiger partial charge in [-0.05, 0) is 38.5 Å². The molecule has 1 N–H and O–H groups in total. The SMILES string of the molecule is CCCC/C=C/C/C=C/C/C=C/CCCCCCC(=O)O. The molecule has 2 heteroatoms. The first kappa shape index (κ1) is 19.7. The van der Waals surface area contributed by atoms with Crippen molar-refractivity contribution in [2.75, 3.05) is 0 Å². The second kappa shape index (κ2) is 16.7. The molecule has 0 atom stereocenters. The lowest BCUT2D eigenvalue weighted by Crippen LogP contribution is -1.93. The van der Waals surface area contributed by atoms with Crippen LogP contribution >= 0.6 is 0 Å². The molecule has 0 fully saturated rings. The molecule has 21 heavy (non-hydrogen) atoms. The van der Waals surface area contributed by atoms with Gasteiger partial charge in [-0.2, -0.15) is 0 Å². The molecule has 0 bridgehead atoms. The lowest BCUT2D eigenvalue weighted by molar-refractivity contribution is -0.137. The summed E-state index contributed by atoms with van der Waals surface area (Å²) in [4.78, 5) is 10.3. The van der Waals surface area contributed by atoms with E-state index in [-0.39, 0.29) is 0 Å². The largest absolute Gasteiger partial charge is 0.481 e. The summed E-state index contributed by atoms with van der Waals surface area (Å²) in [7, 11) is 0. The Morgan fingerprint density at radius 1 is 0.762 bits per heavy atom. The molecule has 0 aromatic heterocycles. The molecule has 0 rings (SSSR count). The third-order valence-electron chi connectivity index (χ3n) is 3.28. The van der Waals surface area contributed by atoms with Crippen LogP contribution in [0.15, 0.2) is 36.5 Å². The van der Waals surface area contributed by atoms with Crippen LogP contribution in [0.1, 0.15) is 77.6 Å². The zero-order chi connectivity index (χ0) is 15.6. The summed E-state index contributed by atoms with van der Waals surface area (Å²) in [5.41, 5.74) is 0. The number of unbranched alkanes of at least 4 members (excludes halogenated alkanes) is 6. The van der Waals surface area contributed by atoms with E-state index in [1.165, 1.54) is 25.7 Å². The Morgan fingerprint density at radius 2 is 1.29 bits per heavy atom. The van der Waals surface area contributed by atoms with Crippen molar-refractivity contribution in [3.05, 3.63) is 36.5 Å². The average molecular weight is 292 g/mol. The minimum atomic E-state index is -0.679. The first-order chi connectivity index (χ1) is 10.3. The van der Waals surface area contributed by atoms with Gasteiger partial charge in [-0.1, -0.05) is 69.1 Å². The third-order valence-corrected chi connectivity index (χ3v) is 3.28. The summed E-state index contributed by atoms with van der Waals surface area (Å²) in [6, 6.07) is 0. The highest BCUT2D eigenvalue weighted by Crippen LogP contribution is 2.06. The number of carbonyl (C=O) groups is 1. The monoisotopic (exact) mass is 292 g/mol. The minimum Gasteiger partial charge on any atom is -0.481 e. The van der Waals surface area contributed by atoms with Crippen LogP contribution < -0.4 is 0 Å². The average Bonchev–Trinajstić information content (AvgIpc) is 2.46. The second-order valence-corrected chi connectivity index (χ2v) is 5.37. The Labute approximate surface area is 130 Å². The number of carboxylic acid groups (broad SMARTS) is 1. The van der Waals surface area contributed by atoms with E-state index < -0.39 is 5.97 Å². The van der Waals surface area contributed by atoms with Crippen molar-refractivity contribution < 1.29 is 9.90 Å². The first-order valence-electron chi connectivity index (χ1n) is 8.44. The molecule has 0 heterocycles. The molecular formula is C19H32O2. The van der Waals surface area contributed by atoms with E-state index in [2.05, 4.69) is 43.4 Å². The van der Waals surface area contributed by atoms with Gasteiger partial charge in [0.05, 0.1) is 0 Å². The summed E-state index contributed by atoms with van der Waals surface area (Å²) in [6.45, 7) is 2.22. The Morgan fingerprint density at radius 3 is 1.86 bits per heavy atom. The maximum absolute atomic E-state index is 10.3. The summed E-state index contributed by atoms with van der Waals surface area (Å²) in [6.07, 6.45) is 24.8. The van der Waals surface area contributed by atoms with Crippen LogP contribution in [0, 0.1) is 0 Å². The van der Waals surface area contributed by atoms with Gasteiger partial charge >= 0.3 is 5.97 Å². The molecule has 2 nitrogen and oxygen atoms in total. The molecule has 0 aliphatic carbocycles. The van der Waals surface area contributed by atoms with Crippen molar-refractivity contribution in [3.63, 3.8) is 0 Å². The van der Waals surface area contributed by atoms with E-state index in [9.17, 15) is 4.79 Å². The zero-order valence-corrected chi connectivity index (χ0v) is 13.6. The van der Waals surface area contributed by atoms with Gasteiger partial charge in [0.15, 0.2) is 0 Å². The number of allylic oxidation sites excluding steroid dienone is 6. The van der Waals surface area contributed by atoms with Gasteiger partial charge in [-0.15, -0.1) is 0 Å².